The van der Waals surface area contributed by atoms with E-state index in [1.165, 1.54) is 22.1 Å². The van der Waals surface area contributed by atoms with E-state index in [4.69, 9.17) is 4.74 Å². The first-order valence-electron chi connectivity index (χ1n) is 10.6. The molecule has 174 valence electrons. The summed E-state index contributed by atoms with van der Waals surface area (Å²) in [5.74, 6) is 0.695. The number of hydrogen-bond acceptors (Lipinski definition) is 7. The van der Waals surface area contributed by atoms with E-state index in [1.54, 1.807) is 19.1 Å². The molecule has 0 bridgehead atoms. The number of sulfonamides is 1. The molecule has 1 amide bonds. The molecule has 0 radical (unpaired) electrons. The van der Waals surface area contributed by atoms with Gasteiger partial charge in [-0.25, -0.2) is 13.4 Å². The number of anilines is 1. The van der Waals surface area contributed by atoms with Crippen LogP contribution in [0.4, 0.5) is 5.69 Å². The number of nitrogens with one attached hydrogen (secondary N) is 2. The molecule has 9 nitrogen and oxygen atoms in total. The van der Waals surface area contributed by atoms with E-state index in [0.29, 0.717) is 36.4 Å². The van der Waals surface area contributed by atoms with Crippen LogP contribution in [0.3, 0.4) is 0 Å². The maximum Gasteiger partial charge on any atom is 0.246 e. The Morgan fingerprint density at radius 1 is 1.18 bits per heavy atom. The Morgan fingerprint density at radius 2 is 1.94 bits per heavy atom. The Labute approximate surface area is 197 Å². The predicted molar refractivity (Wildman–Crippen MR) is 127 cm³/mol. The fourth-order valence-corrected chi connectivity index (χ4v) is 5.77. The van der Waals surface area contributed by atoms with E-state index >= 15 is 0 Å². The summed E-state index contributed by atoms with van der Waals surface area (Å²) in [5.41, 5.74) is 1.30. The van der Waals surface area contributed by atoms with Crippen LogP contribution < -0.4 is 10.1 Å². The standard InChI is InChI=1S/C22H25N5O4S2/c1-2-31-18-11-10-17(14-19(18)33(29,30)27-12-6-7-13-27)23-20(28)15-32-22-24-21(25-26-22)16-8-4-3-5-9-16/h3-5,8-11,14H,2,6-7,12-13,15H2,1H3,(H,23,28)(H,24,25,26). The lowest BCUT2D eigenvalue weighted by molar-refractivity contribution is -0.113. The van der Waals surface area contributed by atoms with Gasteiger partial charge in [0.25, 0.3) is 0 Å². The lowest BCUT2D eigenvalue weighted by atomic mass is 10.2. The summed E-state index contributed by atoms with van der Waals surface area (Å²) < 4.78 is 33.2. The minimum absolute atomic E-state index is 0.0678. The molecule has 4 rings (SSSR count). The normalized spacial score (nSPS) is 14.3. The summed E-state index contributed by atoms with van der Waals surface area (Å²) in [5, 5.41) is 10.2. The molecule has 0 aliphatic carbocycles. The largest absolute Gasteiger partial charge is 0.492 e. The summed E-state index contributed by atoms with van der Waals surface area (Å²) in [6, 6.07) is 14.3. The summed E-state index contributed by atoms with van der Waals surface area (Å²) in [6.45, 7) is 3.11. The summed E-state index contributed by atoms with van der Waals surface area (Å²) in [4.78, 5) is 17.0. The Kier molecular flexibility index (Phi) is 7.31. The Hall–Kier alpha value is -2.89. The molecule has 0 atom stereocenters. The van der Waals surface area contributed by atoms with Crippen molar-refractivity contribution < 1.29 is 17.9 Å². The van der Waals surface area contributed by atoms with E-state index in [0.717, 1.165) is 18.4 Å². The highest BCUT2D eigenvalue weighted by atomic mass is 32.2. The van der Waals surface area contributed by atoms with Gasteiger partial charge in [-0.1, -0.05) is 42.1 Å². The molecule has 1 aliphatic heterocycles. The van der Waals surface area contributed by atoms with Gasteiger partial charge in [-0.3, -0.25) is 9.89 Å². The van der Waals surface area contributed by atoms with E-state index < -0.39 is 10.0 Å². The molecule has 1 aliphatic rings. The van der Waals surface area contributed by atoms with Crippen molar-refractivity contribution in [3.8, 4) is 17.1 Å². The van der Waals surface area contributed by atoms with Crippen molar-refractivity contribution in [1.82, 2.24) is 19.5 Å². The van der Waals surface area contributed by atoms with E-state index in [1.807, 2.05) is 30.3 Å². The molecule has 1 fully saturated rings. The maximum atomic E-state index is 13.1. The second-order valence-corrected chi connectivity index (χ2v) is 10.2. The number of hydrogen-bond donors (Lipinski definition) is 2. The number of amides is 1. The molecule has 1 aromatic heterocycles. The van der Waals surface area contributed by atoms with Gasteiger partial charge in [0, 0.05) is 24.3 Å². The second-order valence-electron chi connectivity index (χ2n) is 7.38. The molecule has 2 N–H and O–H groups in total. The number of rotatable bonds is 9. The first-order chi connectivity index (χ1) is 16.0. The molecule has 0 unspecified atom stereocenters. The van der Waals surface area contributed by atoms with Gasteiger partial charge in [0.15, 0.2) is 5.82 Å². The van der Waals surface area contributed by atoms with Gasteiger partial charge in [0.05, 0.1) is 12.4 Å². The summed E-state index contributed by atoms with van der Waals surface area (Å²) in [6.07, 6.45) is 1.67. The molecule has 0 spiro atoms. The summed E-state index contributed by atoms with van der Waals surface area (Å²) >= 11 is 1.19. The molecule has 3 aromatic rings. The van der Waals surface area contributed by atoms with E-state index in [-0.39, 0.29) is 22.3 Å². The van der Waals surface area contributed by atoms with Crippen molar-refractivity contribution in [2.75, 3.05) is 30.8 Å². The monoisotopic (exact) mass is 487 g/mol. The van der Waals surface area contributed by atoms with Crippen LogP contribution in [-0.2, 0) is 14.8 Å². The van der Waals surface area contributed by atoms with Crippen molar-refractivity contribution in [3.05, 3.63) is 48.5 Å². The van der Waals surface area contributed by atoms with Crippen LogP contribution in [0.5, 0.6) is 5.75 Å². The number of H-pyrrole nitrogens is 1. The number of ether oxygens (including phenoxy) is 1. The molecular weight excluding hydrogens is 462 g/mol. The van der Waals surface area contributed by atoms with Crippen LogP contribution in [0, 0.1) is 0 Å². The lowest BCUT2D eigenvalue weighted by Gasteiger charge is -2.19. The van der Waals surface area contributed by atoms with Crippen molar-refractivity contribution in [3.63, 3.8) is 0 Å². The fraction of sp³-hybridized carbons (Fsp3) is 0.318. The number of benzene rings is 2. The van der Waals surface area contributed by atoms with Crippen molar-refractivity contribution in [2.24, 2.45) is 0 Å². The first kappa shape index (κ1) is 23.3. The number of carbonyl (C=O) groups excluding carboxylic acids is 1. The summed E-state index contributed by atoms with van der Waals surface area (Å²) in [7, 11) is -3.70. The minimum Gasteiger partial charge on any atom is -0.492 e. The molecule has 2 heterocycles. The molecule has 0 saturated carbocycles. The van der Waals surface area contributed by atoms with Crippen molar-refractivity contribution >= 4 is 33.4 Å². The van der Waals surface area contributed by atoms with Crippen LogP contribution in [0.25, 0.3) is 11.4 Å². The molecule has 11 heteroatoms. The highest BCUT2D eigenvalue weighted by Crippen LogP contribution is 2.31. The fourth-order valence-electron chi connectivity index (χ4n) is 3.49. The molecule has 33 heavy (non-hydrogen) atoms. The Morgan fingerprint density at radius 3 is 2.67 bits per heavy atom. The number of aromatic amines is 1. The van der Waals surface area contributed by atoms with E-state index in [9.17, 15) is 13.2 Å². The third-order valence-corrected chi connectivity index (χ3v) is 7.82. The van der Waals surface area contributed by atoms with Gasteiger partial charge in [-0.05, 0) is 38.0 Å². The van der Waals surface area contributed by atoms with Gasteiger partial charge in [-0.15, -0.1) is 5.10 Å². The highest BCUT2D eigenvalue weighted by molar-refractivity contribution is 7.99. The van der Waals surface area contributed by atoms with Gasteiger partial charge < -0.3 is 10.1 Å². The SMILES string of the molecule is CCOc1ccc(NC(=O)CSc2n[nH]c(-c3ccccc3)n2)cc1S(=O)(=O)N1CCCC1. The predicted octanol–water partition coefficient (Wildman–Crippen LogP) is 3.39. The molecule has 1 saturated heterocycles. The van der Waals surface area contributed by atoms with Crippen LogP contribution in [0.2, 0.25) is 0 Å². The minimum atomic E-state index is -3.70. The smallest absolute Gasteiger partial charge is 0.246 e. The van der Waals surface area contributed by atoms with Crippen LogP contribution in [0.1, 0.15) is 19.8 Å². The highest BCUT2D eigenvalue weighted by Gasteiger charge is 2.30. The van der Waals surface area contributed by atoms with Crippen LogP contribution >= 0.6 is 11.8 Å². The second kappa shape index (κ2) is 10.4. The lowest BCUT2D eigenvalue weighted by Crippen LogP contribution is -2.28. The average Bonchev–Trinajstić information content (AvgIpc) is 3.52. The topological polar surface area (TPSA) is 117 Å². The first-order valence-corrected chi connectivity index (χ1v) is 13.1. The number of carbonyl (C=O) groups is 1. The number of nitrogens with zero attached hydrogens (tertiary/aromatic N) is 3. The Bertz CT molecular complexity index is 1210. The average molecular weight is 488 g/mol. The van der Waals surface area contributed by atoms with Crippen LogP contribution in [0.15, 0.2) is 58.6 Å². The van der Waals surface area contributed by atoms with Gasteiger partial charge in [-0.2, -0.15) is 4.31 Å². The van der Waals surface area contributed by atoms with Crippen LogP contribution in [-0.4, -0.2) is 59.3 Å². The molecular formula is C22H25N5O4S2. The zero-order chi connectivity index (χ0) is 23.3. The number of thioether (sulfide) groups is 1. The number of aromatic nitrogens is 3. The maximum absolute atomic E-state index is 13.1. The zero-order valence-electron chi connectivity index (χ0n) is 18.2. The van der Waals surface area contributed by atoms with Gasteiger partial charge >= 0.3 is 0 Å². The quantitative estimate of drug-likeness (QED) is 0.444. The third kappa shape index (κ3) is 5.55. The van der Waals surface area contributed by atoms with Gasteiger partial charge in [0.2, 0.25) is 21.1 Å². The van der Waals surface area contributed by atoms with Crippen molar-refractivity contribution in [2.45, 2.75) is 29.8 Å². The molecule has 2 aromatic carbocycles. The zero-order valence-corrected chi connectivity index (χ0v) is 19.8. The third-order valence-electron chi connectivity index (χ3n) is 5.05. The van der Waals surface area contributed by atoms with Gasteiger partial charge in [0.1, 0.15) is 10.6 Å². The Balaban J connectivity index is 1.43. The van der Waals surface area contributed by atoms with E-state index in [2.05, 4.69) is 20.5 Å². The van der Waals surface area contributed by atoms with Crippen molar-refractivity contribution in [1.29, 1.82) is 0 Å².